The van der Waals surface area contributed by atoms with Crippen LogP contribution < -0.4 is 20.7 Å². The highest BCUT2D eigenvalue weighted by atomic mass is 35.5. The van der Waals surface area contributed by atoms with Crippen LogP contribution in [0.2, 0.25) is 5.02 Å². The van der Waals surface area contributed by atoms with Crippen LogP contribution in [0, 0.1) is 0 Å². The second-order valence-corrected chi connectivity index (χ2v) is 4.34. The smallest absolute Gasteiger partial charge is 0.240 e. The fourth-order valence-corrected chi connectivity index (χ4v) is 2.08. The Bertz CT molecular complexity index is 594. The van der Waals surface area contributed by atoms with Gasteiger partial charge in [0.2, 0.25) is 11.8 Å². The molecular formula is C13H15ClN4O2. The van der Waals surface area contributed by atoms with Gasteiger partial charge in [-0.2, -0.15) is 4.98 Å². The van der Waals surface area contributed by atoms with E-state index >= 15 is 0 Å². The highest BCUT2D eigenvalue weighted by molar-refractivity contribution is 6.31. The van der Waals surface area contributed by atoms with Gasteiger partial charge in [0.15, 0.2) is 0 Å². The average molecular weight is 295 g/mol. The Morgan fingerprint density at radius 2 is 2.00 bits per heavy atom. The van der Waals surface area contributed by atoms with Crippen molar-refractivity contribution in [3.63, 3.8) is 0 Å². The van der Waals surface area contributed by atoms with Gasteiger partial charge < -0.3 is 9.47 Å². The van der Waals surface area contributed by atoms with E-state index in [4.69, 9.17) is 26.9 Å². The van der Waals surface area contributed by atoms with E-state index in [2.05, 4.69) is 15.4 Å². The average Bonchev–Trinajstić information content (AvgIpc) is 2.50. The fourth-order valence-electron chi connectivity index (χ4n) is 1.84. The Morgan fingerprint density at radius 3 is 2.60 bits per heavy atom. The number of halogens is 1. The van der Waals surface area contributed by atoms with Gasteiger partial charge in [0.1, 0.15) is 5.69 Å². The number of nitrogens with zero attached hydrogens (tertiary/aromatic N) is 2. The largest absolute Gasteiger partial charge is 0.480 e. The third kappa shape index (κ3) is 2.82. The zero-order chi connectivity index (χ0) is 14.5. The Balaban J connectivity index is 2.49. The van der Waals surface area contributed by atoms with Crippen molar-refractivity contribution in [3.8, 4) is 11.8 Å². The van der Waals surface area contributed by atoms with Crippen molar-refractivity contribution >= 4 is 11.6 Å². The predicted octanol–water partition coefficient (Wildman–Crippen LogP) is 1.70. The quantitative estimate of drug-likeness (QED) is 0.645. The molecule has 0 aliphatic rings. The van der Waals surface area contributed by atoms with Gasteiger partial charge in [0, 0.05) is 5.02 Å². The van der Waals surface area contributed by atoms with E-state index in [1.54, 1.807) is 6.07 Å². The number of aromatic nitrogens is 2. The molecule has 0 saturated heterocycles. The summed E-state index contributed by atoms with van der Waals surface area (Å²) in [4.78, 5) is 8.48. The third-order valence-electron chi connectivity index (χ3n) is 2.80. The molecule has 7 heteroatoms. The molecule has 2 aromatic rings. The summed E-state index contributed by atoms with van der Waals surface area (Å²) in [6.45, 7) is 0. The second kappa shape index (κ2) is 6.51. The van der Waals surface area contributed by atoms with E-state index in [-0.39, 0.29) is 0 Å². The summed E-state index contributed by atoms with van der Waals surface area (Å²) in [5.74, 6) is 6.32. The molecule has 1 unspecified atom stereocenters. The summed E-state index contributed by atoms with van der Waals surface area (Å²) < 4.78 is 10.3. The number of hydrogen-bond acceptors (Lipinski definition) is 6. The third-order valence-corrected chi connectivity index (χ3v) is 3.15. The topological polar surface area (TPSA) is 82.3 Å². The molecule has 1 atom stereocenters. The molecule has 0 fully saturated rings. The van der Waals surface area contributed by atoms with Crippen LogP contribution in [0.15, 0.2) is 30.5 Å². The first-order valence-electron chi connectivity index (χ1n) is 5.86. The van der Waals surface area contributed by atoms with Gasteiger partial charge in [0.05, 0.1) is 26.5 Å². The van der Waals surface area contributed by atoms with Crippen LogP contribution in [0.1, 0.15) is 17.3 Å². The van der Waals surface area contributed by atoms with Crippen molar-refractivity contribution in [3.05, 3.63) is 46.7 Å². The number of nitrogens with two attached hydrogens (primary N) is 1. The number of hydrogen-bond donors (Lipinski definition) is 2. The molecule has 0 saturated carbocycles. The maximum absolute atomic E-state index is 6.19. The van der Waals surface area contributed by atoms with Gasteiger partial charge in [0.25, 0.3) is 0 Å². The molecule has 2 rings (SSSR count). The van der Waals surface area contributed by atoms with Crippen LogP contribution in [0.5, 0.6) is 11.8 Å². The van der Waals surface area contributed by atoms with Crippen molar-refractivity contribution in [2.45, 2.75) is 6.04 Å². The fraction of sp³-hybridized carbons (Fsp3) is 0.231. The Kier molecular flexibility index (Phi) is 4.73. The summed E-state index contributed by atoms with van der Waals surface area (Å²) >= 11 is 6.19. The molecule has 1 heterocycles. The van der Waals surface area contributed by atoms with Crippen LogP contribution in [0.3, 0.4) is 0 Å². The van der Waals surface area contributed by atoms with Gasteiger partial charge in [-0.1, -0.05) is 29.8 Å². The standard InChI is InChI=1S/C13H15ClN4O2/c1-19-10-7-16-12(13(17-10)20-2)11(18-15)8-5-3-4-6-9(8)14/h3-7,11,18H,15H2,1-2H3. The van der Waals surface area contributed by atoms with Gasteiger partial charge in [-0.3, -0.25) is 5.84 Å². The van der Waals surface area contributed by atoms with Crippen molar-refractivity contribution in [1.82, 2.24) is 15.4 Å². The van der Waals surface area contributed by atoms with Crippen molar-refractivity contribution in [1.29, 1.82) is 0 Å². The zero-order valence-electron chi connectivity index (χ0n) is 11.1. The van der Waals surface area contributed by atoms with E-state index in [1.165, 1.54) is 20.4 Å². The Morgan fingerprint density at radius 1 is 1.25 bits per heavy atom. The minimum Gasteiger partial charge on any atom is -0.480 e. The van der Waals surface area contributed by atoms with E-state index in [1.807, 2.05) is 18.2 Å². The number of hydrazine groups is 1. The highest BCUT2D eigenvalue weighted by Crippen LogP contribution is 2.31. The minimum atomic E-state index is -0.433. The first-order valence-corrected chi connectivity index (χ1v) is 6.24. The number of nitrogens with one attached hydrogen (secondary N) is 1. The summed E-state index contributed by atoms with van der Waals surface area (Å²) in [5, 5.41) is 0.579. The van der Waals surface area contributed by atoms with E-state index in [0.29, 0.717) is 22.5 Å². The molecule has 20 heavy (non-hydrogen) atoms. The van der Waals surface area contributed by atoms with Crippen LogP contribution in [-0.4, -0.2) is 24.2 Å². The van der Waals surface area contributed by atoms with E-state index in [0.717, 1.165) is 5.56 Å². The van der Waals surface area contributed by atoms with E-state index < -0.39 is 6.04 Å². The first-order chi connectivity index (χ1) is 9.71. The van der Waals surface area contributed by atoms with Crippen molar-refractivity contribution in [2.24, 2.45) is 5.84 Å². The maximum atomic E-state index is 6.19. The number of rotatable bonds is 5. The lowest BCUT2D eigenvalue weighted by atomic mass is 10.0. The van der Waals surface area contributed by atoms with E-state index in [9.17, 15) is 0 Å². The molecular weight excluding hydrogens is 280 g/mol. The first kappa shape index (κ1) is 14.5. The highest BCUT2D eigenvalue weighted by Gasteiger charge is 2.22. The summed E-state index contributed by atoms with van der Waals surface area (Å²) in [5.41, 5.74) is 4.00. The summed E-state index contributed by atoms with van der Waals surface area (Å²) in [7, 11) is 3.02. The van der Waals surface area contributed by atoms with Gasteiger partial charge in [-0.05, 0) is 11.6 Å². The molecule has 1 aromatic heterocycles. The van der Waals surface area contributed by atoms with Crippen molar-refractivity contribution < 1.29 is 9.47 Å². The number of benzene rings is 1. The number of methoxy groups -OCH3 is 2. The summed E-state index contributed by atoms with van der Waals surface area (Å²) in [6, 6.07) is 6.92. The second-order valence-electron chi connectivity index (χ2n) is 3.93. The number of ether oxygens (including phenoxy) is 2. The summed E-state index contributed by atoms with van der Waals surface area (Å²) in [6.07, 6.45) is 1.50. The van der Waals surface area contributed by atoms with Crippen LogP contribution >= 0.6 is 11.6 Å². The van der Waals surface area contributed by atoms with Gasteiger partial charge >= 0.3 is 0 Å². The maximum Gasteiger partial charge on any atom is 0.240 e. The molecule has 0 aliphatic heterocycles. The molecule has 6 nitrogen and oxygen atoms in total. The zero-order valence-corrected chi connectivity index (χ0v) is 11.9. The van der Waals surface area contributed by atoms with Crippen LogP contribution in [0.4, 0.5) is 0 Å². The normalized spacial score (nSPS) is 12.0. The van der Waals surface area contributed by atoms with Gasteiger partial charge in [-0.25, -0.2) is 10.4 Å². The van der Waals surface area contributed by atoms with Crippen LogP contribution in [-0.2, 0) is 0 Å². The lowest BCUT2D eigenvalue weighted by Crippen LogP contribution is -2.30. The SMILES string of the molecule is COc1cnc(C(NN)c2ccccc2Cl)c(OC)n1. The Hall–Kier alpha value is -1.89. The lowest BCUT2D eigenvalue weighted by Gasteiger charge is -2.19. The molecule has 0 radical (unpaired) electrons. The molecule has 106 valence electrons. The molecule has 0 spiro atoms. The molecule has 1 aromatic carbocycles. The monoisotopic (exact) mass is 294 g/mol. The van der Waals surface area contributed by atoms with Gasteiger partial charge in [-0.15, -0.1) is 0 Å². The molecule has 3 N–H and O–H groups in total. The minimum absolute atomic E-state index is 0.326. The Labute approximate surface area is 121 Å². The predicted molar refractivity (Wildman–Crippen MR) is 75.8 cm³/mol. The van der Waals surface area contributed by atoms with Crippen LogP contribution in [0.25, 0.3) is 0 Å². The molecule has 0 amide bonds. The molecule has 0 bridgehead atoms. The lowest BCUT2D eigenvalue weighted by molar-refractivity contribution is 0.352. The molecule has 0 aliphatic carbocycles. The van der Waals surface area contributed by atoms with Crippen molar-refractivity contribution in [2.75, 3.05) is 14.2 Å².